The van der Waals surface area contributed by atoms with Crippen LogP contribution in [0.15, 0.2) is 12.1 Å². The molecule has 19 heavy (non-hydrogen) atoms. The van der Waals surface area contributed by atoms with E-state index in [2.05, 4.69) is 26.1 Å². The quantitative estimate of drug-likeness (QED) is 0.733. The van der Waals surface area contributed by atoms with Gasteiger partial charge in [-0.15, -0.1) is 0 Å². The van der Waals surface area contributed by atoms with E-state index in [0.29, 0.717) is 12.3 Å². The first kappa shape index (κ1) is 15.6. The number of nitrogen functional groups attached to an aromatic ring is 1. The third kappa shape index (κ3) is 4.62. The number of halogens is 1. The second-order valence-electron chi connectivity index (χ2n) is 5.59. The van der Waals surface area contributed by atoms with Crippen molar-refractivity contribution in [3.05, 3.63) is 17.9 Å². The molecule has 1 rings (SSSR count). The van der Waals surface area contributed by atoms with Gasteiger partial charge in [0, 0.05) is 18.7 Å². The number of rotatable bonds is 7. The Bertz CT molecular complexity index is 419. The minimum absolute atomic E-state index is 0.172. The molecular formula is C15H25FN2O. The maximum absolute atomic E-state index is 13.7. The highest BCUT2D eigenvalue weighted by molar-refractivity contribution is 5.68. The fraction of sp³-hybridized carbons (Fsp3) is 0.600. The van der Waals surface area contributed by atoms with Crippen molar-refractivity contribution in [2.75, 3.05) is 24.2 Å². The summed E-state index contributed by atoms with van der Waals surface area (Å²) >= 11 is 0. The zero-order chi connectivity index (χ0) is 14.5. The first-order valence-corrected chi connectivity index (χ1v) is 6.85. The molecule has 0 saturated heterocycles. The number of hydrogen-bond acceptors (Lipinski definition) is 3. The number of hydrogen-bond donors (Lipinski definition) is 2. The molecule has 0 aliphatic heterocycles. The van der Waals surface area contributed by atoms with Gasteiger partial charge in [0.15, 0.2) is 11.6 Å². The molecule has 0 aliphatic carbocycles. The average Bonchev–Trinajstić information content (AvgIpc) is 2.36. The second kappa shape index (κ2) is 6.64. The van der Waals surface area contributed by atoms with Gasteiger partial charge in [-0.3, -0.25) is 0 Å². The molecule has 0 aliphatic rings. The van der Waals surface area contributed by atoms with E-state index in [1.54, 1.807) is 6.07 Å². The normalized spacial score (nSPS) is 11.4. The number of nitrogens with two attached hydrogens (primary N) is 1. The number of benzene rings is 1. The summed E-state index contributed by atoms with van der Waals surface area (Å²) in [5, 5.41) is 3.28. The lowest BCUT2D eigenvalue weighted by atomic mass is 9.90. The molecule has 0 saturated carbocycles. The van der Waals surface area contributed by atoms with E-state index in [-0.39, 0.29) is 11.2 Å². The molecule has 3 N–H and O–H groups in total. The molecular weight excluding hydrogens is 243 g/mol. The van der Waals surface area contributed by atoms with Crippen molar-refractivity contribution in [3.8, 4) is 5.75 Å². The molecule has 0 spiro atoms. The topological polar surface area (TPSA) is 47.3 Å². The van der Waals surface area contributed by atoms with Gasteiger partial charge in [-0.1, -0.05) is 27.7 Å². The van der Waals surface area contributed by atoms with Crippen LogP contribution in [0.1, 0.15) is 40.5 Å². The predicted molar refractivity (Wildman–Crippen MR) is 79.2 cm³/mol. The Morgan fingerprint density at radius 3 is 2.58 bits per heavy atom. The van der Waals surface area contributed by atoms with Gasteiger partial charge in [0.05, 0.1) is 18.0 Å². The summed E-state index contributed by atoms with van der Waals surface area (Å²) in [5.41, 5.74) is 7.14. The summed E-state index contributed by atoms with van der Waals surface area (Å²) in [6.07, 6.45) is 1.90. The van der Waals surface area contributed by atoms with E-state index in [1.807, 2.05) is 6.92 Å². The first-order valence-electron chi connectivity index (χ1n) is 6.85. The summed E-state index contributed by atoms with van der Waals surface area (Å²) < 4.78 is 19.0. The lowest BCUT2D eigenvalue weighted by molar-refractivity contribution is 0.301. The Hall–Kier alpha value is -1.45. The highest BCUT2D eigenvalue weighted by Crippen LogP contribution is 2.30. The van der Waals surface area contributed by atoms with Crippen LogP contribution in [-0.4, -0.2) is 13.2 Å². The lowest BCUT2D eigenvalue weighted by Gasteiger charge is -2.24. The standard InChI is InChI=1S/C15H25FN2O/c1-5-7-19-14-9-13(12(17)8-11(14)16)18-10-15(3,4)6-2/h8-9,18H,5-7,10,17H2,1-4H3. The van der Waals surface area contributed by atoms with E-state index in [4.69, 9.17) is 10.5 Å². The van der Waals surface area contributed by atoms with Crippen molar-refractivity contribution in [1.82, 2.24) is 0 Å². The molecule has 1 aromatic carbocycles. The molecule has 4 heteroatoms. The van der Waals surface area contributed by atoms with E-state index in [1.165, 1.54) is 6.07 Å². The van der Waals surface area contributed by atoms with E-state index >= 15 is 0 Å². The monoisotopic (exact) mass is 268 g/mol. The fourth-order valence-corrected chi connectivity index (χ4v) is 1.50. The molecule has 1 aromatic rings. The summed E-state index contributed by atoms with van der Waals surface area (Å²) in [6.45, 7) is 9.76. The zero-order valence-electron chi connectivity index (χ0n) is 12.3. The maximum Gasteiger partial charge on any atom is 0.167 e. The van der Waals surface area contributed by atoms with Gasteiger partial charge >= 0.3 is 0 Å². The summed E-state index contributed by atoms with van der Waals surface area (Å²) in [7, 11) is 0. The summed E-state index contributed by atoms with van der Waals surface area (Å²) in [6, 6.07) is 2.96. The Morgan fingerprint density at radius 1 is 1.32 bits per heavy atom. The minimum atomic E-state index is -0.411. The third-order valence-corrected chi connectivity index (χ3v) is 3.28. The van der Waals surface area contributed by atoms with Gasteiger partial charge in [0.25, 0.3) is 0 Å². The van der Waals surface area contributed by atoms with Gasteiger partial charge in [0.2, 0.25) is 0 Å². The summed E-state index contributed by atoms with van der Waals surface area (Å²) in [4.78, 5) is 0. The van der Waals surface area contributed by atoms with Crippen LogP contribution in [0.3, 0.4) is 0 Å². The molecule has 3 nitrogen and oxygen atoms in total. The van der Waals surface area contributed by atoms with Crippen LogP contribution in [0.4, 0.5) is 15.8 Å². The van der Waals surface area contributed by atoms with E-state index in [9.17, 15) is 4.39 Å². The van der Waals surface area contributed by atoms with E-state index in [0.717, 1.165) is 25.1 Å². The second-order valence-corrected chi connectivity index (χ2v) is 5.59. The Morgan fingerprint density at radius 2 is 2.00 bits per heavy atom. The fourth-order valence-electron chi connectivity index (χ4n) is 1.50. The largest absolute Gasteiger partial charge is 0.490 e. The molecule has 0 aromatic heterocycles. The number of ether oxygens (including phenoxy) is 1. The van der Waals surface area contributed by atoms with Gasteiger partial charge in [-0.05, 0) is 18.3 Å². The predicted octanol–water partition coefficient (Wildman–Crippen LogP) is 4.04. The van der Waals surface area contributed by atoms with Crippen LogP contribution in [0.25, 0.3) is 0 Å². The van der Waals surface area contributed by atoms with Crippen molar-refractivity contribution in [1.29, 1.82) is 0 Å². The SMILES string of the molecule is CCCOc1cc(NCC(C)(C)CC)c(N)cc1F. The first-order chi connectivity index (χ1) is 8.89. The van der Waals surface area contributed by atoms with Gasteiger partial charge < -0.3 is 15.8 Å². The van der Waals surface area contributed by atoms with Crippen molar-refractivity contribution in [3.63, 3.8) is 0 Å². The van der Waals surface area contributed by atoms with Crippen LogP contribution in [0.2, 0.25) is 0 Å². The zero-order valence-corrected chi connectivity index (χ0v) is 12.3. The highest BCUT2D eigenvalue weighted by Gasteiger charge is 2.16. The van der Waals surface area contributed by atoms with Crippen molar-refractivity contribution in [2.24, 2.45) is 5.41 Å². The number of anilines is 2. The smallest absolute Gasteiger partial charge is 0.167 e. The minimum Gasteiger partial charge on any atom is -0.490 e. The van der Waals surface area contributed by atoms with Crippen molar-refractivity contribution < 1.29 is 9.13 Å². The molecule has 0 fully saturated rings. The molecule has 0 atom stereocenters. The maximum atomic E-state index is 13.7. The highest BCUT2D eigenvalue weighted by atomic mass is 19.1. The number of nitrogens with one attached hydrogen (secondary N) is 1. The van der Waals surface area contributed by atoms with Crippen LogP contribution >= 0.6 is 0 Å². The third-order valence-electron chi connectivity index (χ3n) is 3.28. The van der Waals surface area contributed by atoms with Crippen LogP contribution in [-0.2, 0) is 0 Å². The van der Waals surface area contributed by atoms with Crippen LogP contribution in [0, 0.1) is 11.2 Å². The molecule has 0 heterocycles. The Labute approximate surface area is 115 Å². The summed E-state index contributed by atoms with van der Waals surface area (Å²) in [5.74, 6) is -0.154. The Balaban J connectivity index is 2.82. The molecule has 108 valence electrons. The van der Waals surface area contributed by atoms with Gasteiger partial charge in [-0.2, -0.15) is 0 Å². The molecule has 0 bridgehead atoms. The van der Waals surface area contributed by atoms with Gasteiger partial charge in [0.1, 0.15) is 0 Å². The lowest BCUT2D eigenvalue weighted by Crippen LogP contribution is -2.22. The molecule has 0 radical (unpaired) electrons. The average molecular weight is 268 g/mol. The van der Waals surface area contributed by atoms with Gasteiger partial charge in [-0.25, -0.2) is 4.39 Å². The Kier molecular flexibility index (Phi) is 5.45. The van der Waals surface area contributed by atoms with Crippen molar-refractivity contribution >= 4 is 11.4 Å². The van der Waals surface area contributed by atoms with Crippen LogP contribution < -0.4 is 15.8 Å². The molecule has 0 amide bonds. The van der Waals surface area contributed by atoms with Crippen molar-refractivity contribution in [2.45, 2.75) is 40.5 Å². The van der Waals surface area contributed by atoms with Crippen LogP contribution in [0.5, 0.6) is 5.75 Å². The van der Waals surface area contributed by atoms with E-state index < -0.39 is 5.82 Å². The molecule has 0 unspecified atom stereocenters.